The number of carbonyl (C=O) groups is 1. The molecule has 2 aromatic heterocycles. The lowest BCUT2D eigenvalue weighted by Gasteiger charge is -2.30. The minimum atomic E-state index is 0.153. The quantitative estimate of drug-likeness (QED) is 0.827. The van der Waals surface area contributed by atoms with Crippen molar-refractivity contribution >= 4 is 27.5 Å². The van der Waals surface area contributed by atoms with Gasteiger partial charge in [0, 0.05) is 13.1 Å². The highest BCUT2D eigenvalue weighted by Crippen LogP contribution is 2.23. The third kappa shape index (κ3) is 1.97. The molecule has 1 aliphatic rings. The average Bonchev–Trinajstić information content (AvgIpc) is 2.88. The second-order valence-electron chi connectivity index (χ2n) is 4.88. The van der Waals surface area contributed by atoms with Crippen LogP contribution in [0, 0.1) is 5.92 Å². The predicted octanol–water partition coefficient (Wildman–Crippen LogP) is 3.10. The Balaban J connectivity index is 1.83. The number of nitrogens with zero attached hydrogens (tertiary/aromatic N) is 1. The number of carbonyl (C=O) groups excluding carboxylic acids is 1. The summed E-state index contributed by atoms with van der Waals surface area (Å²) in [5.74, 6) is 0.781. The van der Waals surface area contributed by atoms with E-state index in [4.69, 9.17) is 0 Å². The molecule has 2 aromatic rings. The molecule has 17 heavy (non-hydrogen) atoms. The first-order valence-electron chi connectivity index (χ1n) is 6.09. The summed E-state index contributed by atoms with van der Waals surface area (Å²) in [7, 11) is 0. The number of rotatable bonds is 1. The second kappa shape index (κ2) is 4.18. The zero-order valence-corrected chi connectivity index (χ0v) is 10.7. The van der Waals surface area contributed by atoms with Crippen molar-refractivity contribution in [1.29, 1.82) is 0 Å². The normalized spacial score (nSPS) is 21.0. The van der Waals surface area contributed by atoms with E-state index in [-0.39, 0.29) is 5.91 Å². The number of aromatic amines is 1. The summed E-state index contributed by atoms with van der Waals surface area (Å²) in [5, 5.41) is 2.04. The van der Waals surface area contributed by atoms with Gasteiger partial charge in [0.2, 0.25) is 0 Å². The molecular formula is C13H16N2OS. The van der Waals surface area contributed by atoms with E-state index < -0.39 is 0 Å². The molecule has 1 N–H and O–H groups in total. The Labute approximate surface area is 104 Å². The standard InChI is InChI=1S/C13H16N2OS/c1-9-3-2-5-15(8-9)13(16)11-7-12-10(14-11)4-6-17-12/h4,6-7,9,14H,2-3,5,8H2,1H3. The van der Waals surface area contributed by atoms with Crippen LogP contribution in [0.15, 0.2) is 17.5 Å². The number of piperidine rings is 1. The van der Waals surface area contributed by atoms with Crippen molar-refractivity contribution in [3.63, 3.8) is 0 Å². The van der Waals surface area contributed by atoms with Gasteiger partial charge in [-0.25, -0.2) is 0 Å². The number of hydrogen-bond acceptors (Lipinski definition) is 2. The fourth-order valence-electron chi connectivity index (χ4n) is 2.51. The molecule has 1 saturated heterocycles. The van der Waals surface area contributed by atoms with E-state index in [9.17, 15) is 4.79 Å². The van der Waals surface area contributed by atoms with Crippen LogP contribution < -0.4 is 0 Å². The van der Waals surface area contributed by atoms with Gasteiger partial charge in [-0.2, -0.15) is 0 Å². The third-order valence-electron chi connectivity index (χ3n) is 3.41. The van der Waals surface area contributed by atoms with Crippen LogP contribution in [0.25, 0.3) is 10.2 Å². The molecule has 1 amide bonds. The minimum absolute atomic E-state index is 0.153. The summed E-state index contributed by atoms with van der Waals surface area (Å²) in [5.41, 5.74) is 1.81. The summed E-state index contributed by atoms with van der Waals surface area (Å²) in [6.07, 6.45) is 2.37. The number of nitrogens with one attached hydrogen (secondary N) is 1. The third-order valence-corrected chi connectivity index (χ3v) is 4.28. The van der Waals surface area contributed by atoms with Crippen molar-refractivity contribution in [2.24, 2.45) is 5.92 Å². The number of aromatic nitrogens is 1. The van der Waals surface area contributed by atoms with E-state index in [1.165, 1.54) is 11.1 Å². The lowest BCUT2D eigenvalue weighted by molar-refractivity contribution is 0.0678. The molecule has 3 nitrogen and oxygen atoms in total. The number of amides is 1. The van der Waals surface area contributed by atoms with Crippen LogP contribution in [0.2, 0.25) is 0 Å². The smallest absolute Gasteiger partial charge is 0.270 e. The molecule has 1 atom stereocenters. The Kier molecular flexibility index (Phi) is 2.67. The monoisotopic (exact) mass is 248 g/mol. The van der Waals surface area contributed by atoms with Gasteiger partial charge in [0.15, 0.2) is 0 Å². The Hall–Kier alpha value is -1.29. The van der Waals surface area contributed by atoms with E-state index in [1.54, 1.807) is 11.3 Å². The molecule has 0 aliphatic carbocycles. The number of thiophene rings is 1. The van der Waals surface area contributed by atoms with Gasteiger partial charge < -0.3 is 9.88 Å². The topological polar surface area (TPSA) is 36.1 Å². The first-order valence-corrected chi connectivity index (χ1v) is 6.97. The Morgan fingerprint density at radius 3 is 3.24 bits per heavy atom. The summed E-state index contributed by atoms with van der Waals surface area (Å²) < 4.78 is 1.17. The summed E-state index contributed by atoms with van der Waals surface area (Å²) in [6, 6.07) is 4.00. The van der Waals surface area contributed by atoms with Crippen LogP contribution in [-0.2, 0) is 0 Å². The fourth-order valence-corrected chi connectivity index (χ4v) is 3.29. The van der Waals surface area contributed by atoms with E-state index in [1.807, 2.05) is 22.4 Å². The maximum atomic E-state index is 12.3. The van der Waals surface area contributed by atoms with Crippen LogP contribution in [0.1, 0.15) is 30.3 Å². The van der Waals surface area contributed by atoms with E-state index in [2.05, 4.69) is 11.9 Å². The lowest BCUT2D eigenvalue weighted by Crippen LogP contribution is -2.39. The average molecular weight is 248 g/mol. The highest BCUT2D eigenvalue weighted by molar-refractivity contribution is 7.17. The SMILES string of the molecule is CC1CCCN(C(=O)c2cc3sccc3[nH]2)C1. The second-order valence-corrected chi connectivity index (χ2v) is 5.83. The molecule has 4 heteroatoms. The molecule has 0 bridgehead atoms. The van der Waals surface area contributed by atoms with Gasteiger partial charge in [-0.3, -0.25) is 4.79 Å². The molecule has 0 aromatic carbocycles. The summed E-state index contributed by atoms with van der Waals surface area (Å²) in [4.78, 5) is 17.5. The van der Waals surface area contributed by atoms with Crippen LogP contribution in [0.3, 0.4) is 0 Å². The maximum absolute atomic E-state index is 12.3. The maximum Gasteiger partial charge on any atom is 0.270 e. The zero-order valence-electron chi connectivity index (χ0n) is 9.90. The number of likely N-dealkylation sites (tertiary alicyclic amines) is 1. The molecule has 1 aliphatic heterocycles. The number of fused-ring (bicyclic) bond motifs is 1. The fraction of sp³-hybridized carbons (Fsp3) is 0.462. The van der Waals surface area contributed by atoms with E-state index in [0.29, 0.717) is 5.92 Å². The van der Waals surface area contributed by atoms with Crippen molar-refractivity contribution in [3.05, 3.63) is 23.2 Å². The van der Waals surface area contributed by atoms with Crippen molar-refractivity contribution in [2.45, 2.75) is 19.8 Å². The van der Waals surface area contributed by atoms with Crippen LogP contribution in [0.5, 0.6) is 0 Å². The Bertz CT molecular complexity index is 514. The minimum Gasteiger partial charge on any atom is -0.350 e. The lowest BCUT2D eigenvalue weighted by atomic mass is 10.0. The molecule has 3 rings (SSSR count). The van der Waals surface area contributed by atoms with E-state index >= 15 is 0 Å². The molecule has 3 heterocycles. The molecule has 0 spiro atoms. The number of H-pyrrole nitrogens is 1. The van der Waals surface area contributed by atoms with Gasteiger partial charge in [-0.15, -0.1) is 11.3 Å². The van der Waals surface area contributed by atoms with Gasteiger partial charge in [0.25, 0.3) is 5.91 Å². The van der Waals surface area contributed by atoms with Crippen molar-refractivity contribution in [3.8, 4) is 0 Å². The molecule has 1 fully saturated rings. The van der Waals surface area contributed by atoms with Crippen molar-refractivity contribution < 1.29 is 4.79 Å². The molecule has 90 valence electrons. The largest absolute Gasteiger partial charge is 0.350 e. The van der Waals surface area contributed by atoms with Gasteiger partial charge in [-0.05, 0) is 36.3 Å². The molecule has 0 radical (unpaired) electrons. The Morgan fingerprint density at radius 1 is 1.59 bits per heavy atom. The van der Waals surface area contributed by atoms with Gasteiger partial charge in [0.05, 0.1) is 10.2 Å². The van der Waals surface area contributed by atoms with Crippen LogP contribution in [0.4, 0.5) is 0 Å². The highest BCUT2D eigenvalue weighted by Gasteiger charge is 2.23. The highest BCUT2D eigenvalue weighted by atomic mass is 32.1. The predicted molar refractivity (Wildman–Crippen MR) is 70.5 cm³/mol. The summed E-state index contributed by atoms with van der Waals surface area (Å²) in [6.45, 7) is 4.01. The Morgan fingerprint density at radius 2 is 2.47 bits per heavy atom. The first-order chi connectivity index (χ1) is 8.24. The summed E-state index contributed by atoms with van der Waals surface area (Å²) >= 11 is 1.67. The van der Waals surface area contributed by atoms with Gasteiger partial charge in [-0.1, -0.05) is 6.92 Å². The van der Waals surface area contributed by atoms with Gasteiger partial charge >= 0.3 is 0 Å². The van der Waals surface area contributed by atoms with Crippen molar-refractivity contribution in [1.82, 2.24) is 9.88 Å². The molecule has 1 unspecified atom stereocenters. The van der Waals surface area contributed by atoms with Crippen LogP contribution in [-0.4, -0.2) is 28.9 Å². The first kappa shape index (κ1) is 10.8. The molecular weight excluding hydrogens is 232 g/mol. The number of hydrogen-bond donors (Lipinski definition) is 1. The van der Waals surface area contributed by atoms with E-state index in [0.717, 1.165) is 30.7 Å². The van der Waals surface area contributed by atoms with Crippen LogP contribution >= 0.6 is 11.3 Å². The van der Waals surface area contributed by atoms with Crippen molar-refractivity contribution in [2.75, 3.05) is 13.1 Å². The molecule has 0 saturated carbocycles. The van der Waals surface area contributed by atoms with Gasteiger partial charge in [0.1, 0.15) is 5.69 Å². The zero-order chi connectivity index (χ0) is 11.8.